The number of likely N-dealkylation sites (tertiary alicyclic amines) is 1. The van der Waals surface area contributed by atoms with Crippen LogP contribution in [0.15, 0.2) is 84.9 Å². The Morgan fingerprint density at radius 1 is 0.722 bits per heavy atom. The van der Waals surface area contributed by atoms with E-state index in [0.717, 1.165) is 17.0 Å². The smallest absolute Gasteiger partial charge is 0.319 e. The van der Waals surface area contributed by atoms with Crippen LogP contribution in [-0.2, 0) is 41.9 Å². The molecule has 0 radical (unpaired) electrons. The van der Waals surface area contributed by atoms with Crippen LogP contribution in [0.5, 0.6) is 0 Å². The lowest BCUT2D eigenvalue weighted by molar-refractivity contribution is -0.171. The van der Waals surface area contributed by atoms with Gasteiger partial charge in [-0.25, -0.2) is 4.39 Å². The molecule has 36 heavy (non-hydrogen) atoms. The number of ether oxygens (including phenoxy) is 2. The van der Waals surface area contributed by atoms with Gasteiger partial charge in [0.1, 0.15) is 30.9 Å². The van der Waals surface area contributed by atoms with Crippen LogP contribution in [0, 0.1) is 17.7 Å². The van der Waals surface area contributed by atoms with E-state index in [1.54, 1.807) is 48.5 Å². The summed E-state index contributed by atoms with van der Waals surface area (Å²) in [6.45, 7) is -0.194. The number of benzene rings is 3. The van der Waals surface area contributed by atoms with Gasteiger partial charge in [0.05, 0.1) is 0 Å². The Hall–Kier alpha value is -4.33. The van der Waals surface area contributed by atoms with Crippen LogP contribution in [0.3, 0.4) is 0 Å². The van der Waals surface area contributed by atoms with E-state index in [1.807, 2.05) is 12.1 Å². The van der Waals surface area contributed by atoms with Gasteiger partial charge in [0, 0.05) is 13.0 Å². The van der Waals surface area contributed by atoms with E-state index in [2.05, 4.69) is 0 Å². The maximum absolute atomic E-state index is 13.7. The van der Waals surface area contributed by atoms with Crippen LogP contribution in [0.1, 0.15) is 22.6 Å². The quantitative estimate of drug-likeness (QED) is 0.286. The average molecular weight is 489 g/mol. The first-order valence-electron chi connectivity index (χ1n) is 11.3. The first-order chi connectivity index (χ1) is 17.4. The average Bonchev–Trinajstić information content (AvgIpc) is 2.90. The van der Waals surface area contributed by atoms with Gasteiger partial charge in [0.2, 0.25) is 11.8 Å². The molecule has 0 N–H and O–H groups in total. The second kappa shape index (κ2) is 10.9. The number of amides is 2. The largest absolute Gasteiger partial charge is 0.460 e. The fourth-order valence-corrected chi connectivity index (χ4v) is 4.23. The molecule has 0 aromatic heterocycles. The summed E-state index contributed by atoms with van der Waals surface area (Å²) < 4.78 is 24.5. The molecule has 1 fully saturated rings. The van der Waals surface area contributed by atoms with Gasteiger partial charge < -0.3 is 9.47 Å². The fourth-order valence-electron chi connectivity index (χ4n) is 4.23. The number of esters is 2. The zero-order chi connectivity index (χ0) is 25.7. The molecule has 0 bridgehead atoms. The first kappa shape index (κ1) is 24.8. The second-order valence-corrected chi connectivity index (χ2v) is 8.45. The van der Waals surface area contributed by atoms with E-state index in [-0.39, 0.29) is 18.8 Å². The van der Waals surface area contributed by atoms with Crippen LogP contribution in [0.25, 0.3) is 0 Å². The van der Waals surface area contributed by atoms with Crippen molar-refractivity contribution in [3.05, 3.63) is 107 Å². The summed E-state index contributed by atoms with van der Waals surface area (Å²) in [7, 11) is 1.21. The predicted octanol–water partition coefficient (Wildman–Crippen LogP) is 3.63. The van der Waals surface area contributed by atoms with E-state index in [4.69, 9.17) is 9.47 Å². The van der Waals surface area contributed by atoms with Gasteiger partial charge in [-0.1, -0.05) is 72.8 Å². The second-order valence-electron chi connectivity index (χ2n) is 8.45. The van der Waals surface area contributed by atoms with Crippen molar-refractivity contribution in [3.63, 3.8) is 0 Å². The molecule has 0 saturated carbocycles. The highest BCUT2D eigenvalue weighted by Gasteiger charge is 2.55. The maximum Gasteiger partial charge on any atom is 0.319 e. The molecule has 4 rings (SSSR count). The molecular weight excluding hydrogens is 465 g/mol. The highest BCUT2D eigenvalue weighted by Crippen LogP contribution is 2.40. The topological polar surface area (TPSA) is 90.0 Å². The summed E-state index contributed by atoms with van der Waals surface area (Å²) in [6.07, 6.45) is 0. The van der Waals surface area contributed by atoms with Crippen molar-refractivity contribution in [2.45, 2.75) is 19.1 Å². The summed E-state index contributed by atoms with van der Waals surface area (Å²) >= 11 is 0. The van der Waals surface area contributed by atoms with Crippen LogP contribution in [0.4, 0.5) is 4.39 Å². The summed E-state index contributed by atoms with van der Waals surface area (Å²) in [4.78, 5) is 53.5. The highest BCUT2D eigenvalue weighted by atomic mass is 19.1. The van der Waals surface area contributed by atoms with Crippen molar-refractivity contribution in [1.29, 1.82) is 0 Å². The Bertz CT molecular complexity index is 1170. The Balaban J connectivity index is 1.66. The molecule has 2 amide bonds. The van der Waals surface area contributed by atoms with Crippen molar-refractivity contribution in [2.24, 2.45) is 11.8 Å². The zero-order valence-corrected chi connectivity index (χ0v) is 19.5. The van der Waals surface area contributed by atoms with Crippen LogP contribution < -0.4 is 0 Å². The Morgan fingerprint density at radius 3 is 1.56 bits per heavy atom. The SMILES string of the molecule is CN1C(=O)[C@@H](C(=O)OCc2ccccc2)[C@@H](c2ccc(F)cc2)[C@@H](C(=O)OCc2ccccc2)C1=O. The minimum Gasteiger partial charge on any atom is -0.460 e. The van der Waals surface area contributed by atoms with Crippen molar-refractivity contribution < 1.29 is 33.0 Å². The highest BCUT2D eigenvalue weighted by molar-refractivity contribution is 6.14. The minimum absolute atomic E-state index is 0.0969. The number of piperidine rings is 1. The lowest BCUT2D eigenvalue weighted by atomic mass is 9.72. The van der Waals surface area contributed by atoms with Gasteiger partial charge in [-0.15, -0.1) is 0 Å². The molecule has 7 nitrogen and oxygen atoms in total. The molecule has 1 heterocycles. The third-order valence-corrected chi connectivity index (χ3v) is 6.12. The van der Waals surface area contributed by atoms with Crippen LogP contribution in [0.2, 0.25) is 0 Å². The third-order valence-electron chi connectivity index (χ3n) is 6.12. The van der Waals surface area contributed by atoms with E-state index in [1.165, 1.54) is 19.2 Å². The molecule has 3 atom stereocenters. The summed E-state index contributed by atoms with van der Waals surface area (Å²) in [6, 6.07) is 22.7. The van der Waals surface area contributed by atoms with Crippen molar-refractivity contribution in [2.75, 3.05) is 7.05 Å². The van der Waals surface area contributed by atoms with E-state index < -0.39 is 47.3 Å². The van der Waals surface area contributed by atoms with E-state index >= 15 is 0 Å². The number of imide groups is 1. The number of hydrogen-bond donors (Lipinski definition) is 0. The van der Waals surface area contributed by atoms with Gasteiger partial charge in [0.25, 0.3) is 0 Å². The Labute approximate surface area is 207 Å². The van der Waals surface area contributed by atoms with Gasteiger partial charge in [-0.05, 0) is 28.8 Å². The summed E-state index contributed by atoms with van der Waals surface area (Å²) in [5.74, 6) is -8.17. The lowest BCUT2D eigenvalue weighted by Crippen LogP contribution is -2.56. The van der Waals surface area contributed by atoms with Crippen molar-refractivity contribution in [1.82, 2.24) is 4.90 Å². The molecule has 1 saturated heterocycles. The van der Waals surface area contributed by atoms with Crippen LogP contribution >= 0.6 is 0 Å². The number of carbonyl (C=O) groups is 4. The third kappa shape index (κ3) is 5.33. The Kier molecular flexibility index (Phi) is 7.53. The van der Waals surface area contributed by atoms with Crippen molar-refractivity contribution >= 4 is 23.8 Å². The number of hydrogen-bond acceptors (Lipinski definition) is 6. The van der Waals surface area contributed by atoms with E-state index in [9.17, 15) is 23.6 Å². The molecular formula is C28H24FNO6. The zero-order valence-electron chi connectivity index (χ0n) is 19.5. The number of nitrogens with zero attached hydrogens (tertiary/aromatic N) is 1. The van der Waals surface area contributed by atoms with Gasteiger partial charge in [-0.3, -0.25) is 24.1 Å². The first-order valence-corrected chi connectivity index (χ1v) is 11.3. The molecule has 8 heteroatoms. The van der Waals surface area contributed by atoms with Crippen LogP contribution in [-0.4, -0.2) is 35.7 Å². The normalized spacial score (nSPS) is 19.6. The lowest BCUT2D eigenvalue weighted by Gasteiger charge is -2.38. The molecule has 0 aliphatic carbocycles. The maximum atomic E-state index is 13.7. The number of rotatable bonds is 7. The summed E-state index contributed by atoms with van der Waals surface area (Å²) in [5, 5.41) is 0. The minimum atomic E-state index is -1.50. The number of halogens is 1. The standard InChI is InChI=1S/C28H24FNO6/c1-30-25(31)23(27(33)35-16-18-8-4-2-5-9-18)22(20-12-14-21(29)15-13-20)24(26(30)32)28(34)36-17-19-10-6-3-7-11-19/h2-15,22-24H,16-17H2,1H3/t22-,23+,24-. The molecule has 0 spiro atoms. The molecule has 1 aliphatic heterocycles. The molecule has 0 unspecified atom stereocenters. The number of carbonyl (C=O) groups excluding carboxylic acids is 4. The van der Waals surface area contributed by atoms with Gasteiger partial charge in [0.15, 0.2) is 0 Å². The molecule has 3 aromatic rings. The predicted molar refractivity (Wildman–Crippen MR) is 126 cm³/mol. The fraction of sp³-hybridized carbons (Fsp3) is 0.214. The van der Waals surface area contributed by atoms with E-state index in [0.29, 0.717) is 11.1 Å². The van der Waals surface area contributed by atoms with Crippen molar-refractivity contribution in [3.8, 4) is 0 Å². The van der Waals surface area contributed by atoms with Gasteiger partial charge in [-0.2, -0.15) is 0 Å². The molecule has 3 aromatic carbocycles. The monoisotopic (exact) mass is 489 g/mol. The summed E-state index contributed by atoms with van der Waals surface area (Å²) in [5.41, 5.74) is 1.68. The molecule has 184 valence electrons. The Morgan fingerprint density at radius 2 is 1.14 bits per heavy atom. The van der Waals surface area contributed by atoms with Gasteiger partial charge >= 0.3 is 11.9 Å². The molecule has 1 aliphatic rings.